The number of nitrogens with one attached hydrogen (secondary N) is 1. The molecule has 156 valence electrons. The summed E-state index contributed by atoms with van der Waals surface area (Å²) in [5, 5.41) is 1.32. The minimum absolute atomic E-state index is 0.152. The Morgan fingerprint density at radius 2 is 1.77 bits per heavy atom. The van der Waals surface area contributed by atoms with Gasteiger partial charge in [0.15, 0.2) is 0 Å². The second-order valence-electron chi connectivity index (χ2n) is 7.38. The molecule has 1 amide bonds. The summed E-state index contributed by atoms with van der Waals surface area (Å²) in [7, 11) is -3.81. The fourth-order valence-corrected chi connectivity index (χ4v) is 4.85. The number of piperazine rings is 1. The molecule has 8 heteroatoms. The zero-order valence-electron chi connectivity index (χ0n) is 16.8. The Bertz CT molecular complexity index is 1150. The maximum absolute atomic E-state index is 12.8. The van der Waals surface area contributed by atoms with Gasteiger partial charge in [-0.15, -0.1) is 0 Å². The zero-order valence-corrected chi connectivity index (χ0v) is 17.6. The van der Waals surface area contributed by atoms with E-state index in [-0.39, 0.29) is 17.3 Å². The molecule has 2 heterocycles. The van der Waals surface area contributed by atoms with Gasteiger partial charge in [0.25, 0.3) is 0 Å². The predicted octanol–water partition coefficient (Wildman–Crippen LogP) is 2.17. The minimum Gasteiger partial charge on any atom is -0.368 e. The number of hydrogen-bond acceptors (Lipinski definition) is 5. The van der Waals surface area contributed by atoms with Crippen molar-refractivity contribution < 1.29 is 13.2 Å². The van der Waals surface area contributed by atoms with E-state index in [1.165, 1.54) is 11.6 Å². The van der Waals surface area contributed by atoms with Crippen molar-refractivity contribution in [1.82, 2.24) is 14.6 Å². The van der Waals surface area contributed by atoms with Gasteiger partial charge in [-0.25, -0.2) is 13.1 Å². The van der Waals surface area contributed by atoms with Crippen LogP contribution in [0.15, 0.2) is 65.8 Å². The van der Waals surface area contributed by atoms with Crippen LogP contribution in [0.3, 0.4) is 0 Å². The highest BCUT2D eigenvalue weighted by atomic mass is 32.2. The number of amides is 1. The molecule has 1 aliphatic rings. The third-order valence-corrected chi connectivity index (χ3v) is 6.83. The Morgan fingerprint density at radius 3 is 2.50 bits per heavy atom. The number of benzene rings is 2. The van der Waals surface area contributed by atoms with E-state index >= 15 is 0 Å². The predicted molar refractivity (Wildman–Crippen MR) is 117 cm³/mol. The molecule has 0 saturated carbocycles. The molecule has 0 aliphatic carbocycles. The van der Waals surface area contributed by atoms with Gasteiger partial charge in [-0.1, -0.05) is 29.8 Å². The third-order valence-electron chi connectivity index (χ3n) is 5.38. The van der Waals surface area contributed by atoms with Gasteiger partial charge >= 0.3 is 0 Å². The largest absolute Gasteiger partial charge is 0.368 e. The minimum atomic E-state index is -3.81. The van der Waals surface area contributed by atoms with E-state index in [0.717, 1.165) is 24.2 Å². The first-order valence-corrected chi connectivity index (χ1v) is 11.3. The molecule has 4 rings (SSSR count). The summed E-state index contributed by atoms with van der Waals surface area (Å²) in [6.45, 7) is 4.36. The van der Waals surface area contributed by atoms with Crippen LogP contribution in [0, 0.1) is 6.92 Å². The highest BCUT2D eigenvalue weighted by molar-refractivity contribution is 7.89. The summed E-state index contributed by atoms with van der Waals surface area (Å²) in [6.07, 6.45) is 3.17. The smallest absolute Gasteiger partial charge is 0.241 e. The number of rotatable bonds is 5. The molecule has 30 heavy (non-hydrogen) atoms. The van der Waals surface area contributed by atoms with Crippen LogP contribution in [-0.4, -0.2) is 56.9 Å². The lowest BCUT2D eigenvalue weighted by molar-refractivity contribution is -0.130. The van der Waals surface area contributed by atoms with Gasteiger partial charge in [0.1, 0.15) is 0 Å². The van der Waals surface area contributed by atoms with Crippen LogP contribution in [0.25, 0.3) is 10.8 Å². The Kier molecular flexibility index (Phi) is 5.69. The van der Waals surface area contributed by atoms with Crippen molar-refractivity contribution in [3.05, 3.63) is 66.5 Å². The first-order chi connectivity index (χ1) is 14.4. The Hall–Kier alpha value is -2.97. The van der Waals surface area contributed by atoms with Crippen molar-refractivity contribution in [3.8, 4) is 0 Å². The molecule has 3 aromatic rings. The standard InChI is InChI=1S/C22H24N4O3S/c1-17-5-7-19(8-6-17)25-11-13-26(14-12-25)22(27)16-24-30(28,29)21-4-2-3-18-15-23-10-9-20(18)21/h2-10,15,24H,11-14,16H2,1H3. The molecule has 0 spiro atoms. The topological polar surface area (TPSA) is 82.6 Å². The first kappa shape index (κ1) is 20.3. The molecular formula is C22H24N4O3S. The van der Waals surface area contributed by atoms with Crippen molar-refractivity contribution in [3.63, 3.8) is 0 Å². The van der Waals surface area contributed by atoms with Crippen LogP contribution in [0.4, 0.5) is 5.69 Å². The fraction of sp³-hybridized carbons (Fsp3) is 0.273. The quantitative estimate of drug-likeness (QED) is 0.679. The van der Waals surface area contributed by atoms with Gasteiger partial charge in [-0.2, -0.15) is 0 Å². The summed E-state index contributed by atoms with van der Waals surface area (Å²) < 4.78 is 28.0. The van der Waals surface area contributed by atoms with Crippen LogP contribution in [0.2, 0.25) is 0 Å². The molecule has 1 fully saturated rings. The molecule has 0 atom stereocenters. The van der Waals surface area contributed by atoms with Gasteiger partial charge in [0.05, 0.1) is 11.4 Å². The molecule has 0 unspecified atom stereocenters. The molecule has 7 nitrogen and oxygen atoms in total. The maximum atomic E-state index is 12.8. The van der Waals surface area contributed by atoms with Gasteiger partial charge in [0.2, 0.25) is 15.9 Å². The van der Waals surface area contributed by atoms with E-state index in [4.69, 9.17) is 0 Å². The molecule has 1 N–H and O–H groups in total. The molecule has 0 bridgehead atoms. The number of sulfonamides is 1. The van der Waals surface area contributed by atoms with Crippen molar-refractivity contribution in [2.45, 2.75) is 11.8 Å². The van der Waals surface area contributed by atoms with E-state index in [1.54, 1.807) is 35.5 Å². The first-order valence-electron chi connectivity index (χ1n) is 9.86. The van der Waals surface area contributed by atoms with E-state index in [0.29, 0.717) is 18.5 Å². The number of nitrogens with zero attached hydrogens (tertiary/aromatic N) is 3. The van der Waals surface area contributed by atoms with Crippen molar-refractivity contribution in [2.75, 3.05) is 37.6 Å². The molecule has 1 aromatic heterocycles. The lowest BCUT2D eigenvalue weighted by Crippen LogP contribution is -2.51. The summed E-state index contributed by atoms with van der Waals surface area (Å²) in [5.41, 5.74) is 2.35. The summed E-state index contributed by atoms with van der Waals surface area (Å²) in [6, 6.07) is 15.0. The number of aryl methyl sites for hydroxylation is 1. The molecule has 0 radical (unpaired) electrons. The lowest BCUT2D eigenvalue weighted by atomic mass is 10.2. The second-order valence-corrected chi connectivity index (χ2v) is 9.12. The van der Waals surface area contributed by atoms with Crippen molar-refractivity contribution in [1.29, 1.82) is 0 Å². The van der Waals surface area contributed by atoms with Gasteiger partial charge < -0.3 is 9.80 Å². The third kappa shape index (κ3) is 4.29. The SMILES string of the molecule is Cc1ccc(N2CCN(C(=O)CNS(=O)(=O)c3cccc4cnccc34)CC2)cc1. The Balaban J connectivity index is 1.37. The number of anilines is 1. The maximum Gasteiger partial charge on any atom is 0.241 e. The van der Waals surface area contributed by atoms with Gasteiger partial charge in [-0.05, 0) is 31.2 Å². The van der Waals surface area contributed by atoms with Gasteiger partial charge in [0, 0.05) is 55.0 Å². The molecule has 1 aliphatic heterocycles. The monoisotopic (exact) mass is 424 g/mol. The number of hydrogen-bond donors (Lipinski definition) is 1. The second kappa shape index (κ2) is 8.41. The molecular weight excluding hydrogens is 400 g/mol. The van der Waals surface area contributed by atoms with Crippen LogP contribution >= 0.6 is 0 Å². The van der Waals surface area contributed by atoms with Crippen molar-refractivity contribution in [2.24, 2.45) is 0 Å². The fourth-order valence-electron chi connectivity index (χ4n) is 3.64. The Labute approximate surface area is 176 Å². The summed E-state index contributed by atoms with van der Waals surface area (Å²) in [4.78, 5) is 20.7. The van der Waals surface area contributed by atoms with E-state index < -0.39 is 10.0 Å². The highest BCUT2D eigenvalue weighted by Gasteiger charge is 2.24. The van der Waals surface area contributed by atoms with Crippen LogP contribution in [0.5, 0.6) is 0 Å². The number of carbonyl (C=O) groups is 1. The average molecular weight is 425 g/mol. The van der Waals surface area contributed by atoms with E-state index in [9.17, 15) is 13.2 Å². The number of fused-ring (bicyclic) bond motifs is 1. The van der Waals surface area contributed by atoms with E-state index in [2.05, 4.69) is 45.8 Å². The average Bonchev–Trinajstić information content (AvgIpc) is 2.78. The van der Waals surface area contributed by atoms with Gasteiger partial charge in [-0.3, -0.25) is 9.78 Å². The van der Waals surface area contributed by atoms with Crippen molar-refractivity contribution >= 4 is 32.4 Å². The number of aromatic nitrogens is 1. The summed E-state index contributed by atoms with van der Waals surface area (Å²) >= 11 is 0. The zero-order chi connectivity index (χ0) is 21.1. The molecule has 1 saturated heterocycles. The number of pyridine rings is 1. The number of carbonyl (C=O) groups excluding carboxylic acids is 1. The molecule has 2 aromatic carbocycles. The van der Waals surface area contributed by atoms with Crippen LogP contribution in [0.1, 0.15) is 5.56 Å². The Morgan fingerprint density at radius 1 is 1.03 bits per heavy atom. The van der Waals surface area contributed by atoms with Crippen LogP contribution in [-0.2, 0) is 14.8 Å². The lowest BCUT2D eigenvalue weighted by Gasteiger charge is -2.36. The normalized spacial score (nSPS) is 14.8. The van der Waals surface area contributed by atoms with Crippen LogP contribution < -0.4 is 9.62 Å². The summed E-state index contributed by atoms with van der Waals surface area (Å²) in [5.74, 6) is -0.218. The van der Waals surface area contributed by atoms with E-state index in [1.807, 2.05) is 0 Å². The highest BCUT2D eigenvalue weighted by Crippen LogP contribution is 2.22.